The van der Waals surface area contributed by atoms with Crippen molar-refractivity contribution < 1.29 is 25.8 Å². The number of aromatic nitrogens is 2. The summed E-state index contributed by atoms with van der Waals surface area (Å²) in [4.78, 5) is 9.56. The van der Waals surface area contributed by atoms with Crippen molar-refractivity contribution in [1.82, 2.24) is 9.55 Å². The van der Waals surface area contributed by atoms with E-state index >= 15 is 0 Å². The predicted octanol–water partition coefficient (Wildman–Crippen LogP) is 16.2. The SMILES string of the molecule is CC(C)(C)c1cc(N2[CH-]N(c3[c-]c(Oc4[c-]c5c(cc4)c4ccccc4n5-c4cc(C(C)(C)c5ccccc5)ccn4)ccc3)c3cc(C(C)(C)c4ccccc4)ccc32)cc(C(C)(C)C)c1.[Pt]. The van der Waals surface area contributed by atoms with Crippen molar-refractivity contribution >= 4 is 44.6 Å². The van der Waals surface area contributed by atoms with Gasteiger partial charge in [-0.05, 0) is 92.1 Å². The van der Waals surface area contributed by atoms with Gasteiger partial charge in [0.05, 0.1) is 0 Å². The van der Waals surface area contributed by atoms with Gasteiger partial charge in [-0.2, -0.15) is 12.1 Å². The molecule has 2 aromatic heterocycles. The average Bonchev–Trinajstić information content (AvgIpc) is 3.87. The van der Waals surface area contributed by atoms with Gasteiger partial charge in [-0.1, -0.05) is 166 Å². The third-order valence-electron chi connectivity index (χ3n) is 13.9. The summed E-state index contributed by atoms with van der Waals surface area (Å²) < 4.78 is 8.96. The van der Waals surface area contributed by atoms with E-state index < -0.39 is 0 Å². The second kappa shape index (κ2) is 17.6. The van der Waals surface area contributed by atoms with Crippen LogP contribution in [0.2, 0.25) is 0 Å². The molecule has 6 heteroatoms. The summed E-state index contributed by atoms with van der Waals surface area (Å²) in [6.45, 7) is 25.1. The van der Waals surface area contributed by atoms with E-state index in [-0.39, 0.29) is 42.7 Å². The summed E-state index contributed by atoms with van der Waals surface area (Å²) in [5, 5.41) is 2.21. The van der Waals surface area contributed by atoms with E-state index in [4.69, 9.17) is 9.72 Å². The van der Waals surface area contributed by atoms with Crippen LogP contribution in [-0.2, 0) is 42.7 Å². The van der Waals surface area contributed by atoms with Crippen molar-refractivity contribution in [3.63, 3.8) is 0 Å². The predicted molar refractivity (Wildman–Crippen MR) is 279 cm³/mol. The Balaban J connectivity index is 0.00000578. The summed E-state index contributed by atoms with van der Waals surface area (Å²) >= 11 is 0. The van der Waals surface area contributed by atoms with Crippen LogP contribution in [0.15, 0.2) is 170 Å². The third kappa shape index (κ3) is 8.56. The molecule has 0 aliphatic carbocycles. The molecule has 346 valence electrons. The van der Waals surface area contributed by atoms with Crippen molar-refractivity contribution in [2.45, 2.75) is 90.9 Å². The zero-order chi connectivity index (χ0) is 46.9. The monoisotopic (exact) mass is 1070 g/mol. The number of para-hydroxylation sites is 1. The zero-order valence-electron chi connectivity index (χ0n) is 40.8. The van der Waals surface area contributed by atoms with Gasteiger partial charge in [0.1, 0.15) is 5.82 Å². The number of fused-ring (bicyclic) bond motifs is 4. The first-order valence-electron chi connectivity index (χ1n) is 23.4. The molecular formula is C62H59N4OPt-3. The zero-order valence-corrected chi connectivity index (χ0v) is 43.0. The summed E-state index contributed by atoms with van der Waals surface area (Å²) in [6, 6.07) is 65.9. The van der Waals surface area contributed by atoms with Crippen LogP contribution in [0.25, 0.3) is 27.6 Å². The Hall–Kier alpha value is -6.42. The number of benzene rings is 7. The summed E-state index contributed by atoms with van der Waals surface area (Å²) in [7, 11) is 0. The molecule has 10 rings (SSSR count). The number of anilines is 4. The van der Waals surface area contributed by atoms with Gasteiger partial charge < -0.3 is 19.1 Å². The molecule has 0 unspecified atom stereocenters. The molecule has 0 spiro atoms. The number of hydrogen-bond acceptors (Lipinski definition) is 4. The van der Waals surface area contributed by atoms with Gasteiger partial charge in [-0.25, -0.2) is 4.98 Å². The maximum absolute atomic E-state index is 6.75. The van der Waals surface area contributed by atoms with E-state index in [1.807, 2.05) is 24.4 Å². The van der Waals surface area contributed by atoms with E-state index in [0.717, 1.165) is 50.4 Å². The topological polar surface area (TPSA) is 33.5 Å². The van der Waals surface area contributed by atoms with Gasteiger partial charge in [0.2, 0.25) is 0 Å². The second-order valence-electron chi connectivity index (χ2n) is 21.2. The fraction of sp³-hybridized carbons (Fsp3) is 0.226. The molecule has 0 fully saturated rings. The number of ether oxygens (including phenoxy) is 1. The third-order valence-corrected chi connectivity index (χ3v) is 13.9. The fourth-order valence-electron chi connectivity index (χ4n) is 9.46. The fourth-order valence-corrected chi connectivity index (χ4v) is 9.46. The molecule has 0 atom stereocenters. The molecule has 0 saturated heterocycles. The standard InChI is InChI=1S/C62H59N4O.Pt/c1-59(2,3)46-34-47(60(4,5)6)36-49(35-46)65-41-64(57-37-44(28-31-55(57)65)61(7,8)42-20-13-11-14-21-42)48-24-19-25-50(39-48)67-51-29-30-53-52-26-17-18-27-54(52)66(56(53)40-51)58-38-45(32-33-63-58)62(9,10)43-22-15-12-16-23-43;/h11-38,41H,1-10H3;/q-3;. The first-order valence-corrected chi connectivity index (χ1v) is 23.4. The first kappa shape index (κ1) is 46.7. The van der Waals surface area contributed by atoms with E-state index in [1.165, 1.54) is 33.4 Å². The van der Waals surface area contributed by atoms with Gasteiger partial charge in [0.15, 0.2) is 0 Å². The van der Waals surface area contributed by atoms with E-state index in [1.54, 1.807) is 0 Å². The van der Waals surface area contributed by atoms with Crippen LogP contribution >= 0.6 is 0 Å². The van der Waals surface area contributed by atoms with Crippen molar-refractivity contribution in [2.75, 3.05) is 9.80 Å². The molecule has 1 aliphatic heterocycles. The Morgan fingerprint density at radius 3 is 1.72 bits per heavy atom. The molecule has 0 amide bonds. The second-order valence-corrected chi connectivity index (χ2v) is 21.2. The minimum Gasteiger partial charge on any atom is -0.509 e. The van der Waals surface area contributed by atoms with Crippen molar-refractivity contribution in [1.29, 1.82) is 0 Å². The van der Waals surface area contributed by atoms with Gasteiger partial charge in [-0.3, -0.25) is 0 Å². The number of hydrogen-bond donors (Lipinski definition) is 0. The van der Waals surface area contributed by atoms with Gasteiger partial charge >= 0.3 is 0 Å². The molecular weight excluding hydrogens is 1010 g/mol. The van der Waals surface area contributed by atoms with Gasteiger partial charge in [0, 0.05) is 72.2 Å². The van der Waals surface area contributed by atoms with Gasteiger partial charge in [0.25, 0.3) is 0 Å². The molecule has 1 aliphatic rings. The maximum atomic E-state index is 6.75. The minimum absolute atomic E-state index is 0. The average molecular weight is 1070 g/mol. The Morgan fingerprint density at radius 1 is 0.471 bits per heavy atom. The van der Waals surface area contributed by atoms with Crippen molar-refractivity contribution in [3.05, 3.63) is 222 Å². The quantitative estimate of drug-likeness (QED) is 0.135. The normalized spacial score (nSPS) is 13.2. The van der Waals surface area contributed by atoms with Crippen molar-refractivity contribution in [2.24, 2.45) is 0 Å². The number of pyridine rings is 1. The number of nitrogens with zero attached hydrogens (tertiary/aromatic N) is 4. The van der Waals surface area contributed by atoms with Crippen LogP contribution < -0.4 is 14.5 Å². The largest absolute Gasteiger partial charge is 0.509 e. The summed E-state index contributed by atoms with van der Waals surface area (Å²) in [5.41, 5.74) is 13.1. The van der Waals surface area contributed by atoms with Crippen molar-refractivity contribution in [3.8, 4) is 17.3 Å². The van der Waals surface area contributed by atoms with E-state index in [9.17, 15) is 0 Å². The molecule has 0 bridgehead atoms. The first-order chi connectivity index (χ1) is 32.0. The minimum atomic E-state index is -0.235. The number of rotatable bonds is 9. The molecule has 3 heterocycles. The summed E-state index contributed by atoms with van der Waals surface area (Å²) in [5.74, 6) is 2.03. The maximum Gasteiger partial charge on any atom is 0.135 e. The van der Waals surface area contributed by atoms with E-state index in [2.05, 4.69) is 248 Å². The van der Waals surface area contributed by atoms with Crippen LogP contribution in [0.4, 0.5) is 22.7 Å². The van der Waals surface area contributed by atoms with Crippen LogP contribution in [0, 0.1) is 18.8 Å². The molecule has 7 aromatic carbocycles. The van der Waals surface area contributed by atoms with Crippen LogP contribution in [-0.4, -0.2) is 9.55 Å². The molecule has 9 aromatic rings. The van der Waals surface area contributed by atoms with Crippen LogP contribution in [0.1, 0.15) is 103 Å². The Labute approximate surface area is 417 Å². The molecule has 0 N–H and O–H groups in total. The molecule has 68 heavy (non-hydrogen) atoms. The van der Waals surface area contributed by atoms with E-state index in [0.29, 0.717) is 11.5 Å². The Morgan fingerprint density at radius 2 is 1.07 bits per heavy atom. The molecule has 0 saturated carbocycles. The smallest absolute Gasteiger partial charge is 0.135 e. The molecule has 5 nitrogen and oxygen atoms in total. The Kier molecular flexibility index (Phi) is 12.1. The molecule has 0 radical (unpaired) electrons. The van der Waals surface area contributed by atoms with Crippen LogP contribution in [0.3, 0.4) is 0 Å². The van der Waals surface area contributed by atoms with Gasteiger partial charge in [-0.15, -0.1) is 48.1 Å². The summed E-state index contributed by atoms with van der Waals surface area (Å²) in [6.07, 6.45) is 1.92. The van der Waals surface area contributed by atoms with Crippen LogP contribution in [0.5, 0.6) is 11.5 Å². The Bertz CT molecular complexity index is 3250.